The Balaban J connectivity index is 1.65. The fraction of sp³-hybridized carbons (Fsp3) is 0.200. The van der Waals surface area contributed by atoms with Gasteiger partial charge in [-0.1, -0.05) is 71.5 Å². The van der Waals surface area contributed by atoms with E-state index in [1.807, 2.05) is 36.4 Å². The van der Waals surface area contributed by atoms with Gasteiger partial charge in [-0.2, -0.15) is 0 Å². The van der Waals surface area contributed by atoms with Gasteiger partial charge < -0.3 is 10.6 Å². The van der Waals surface area contributed by atoms with Crippen molar-refractivity contribution in [1.82, 2.24) is 15.5 Å². The van der Waals surface area contributed by atoms with Crippen molar-refractivity contribution in [2.75, 3.05) is 5.32 Å². The van der Waals surface area contributed by atoms with Gasteiger partial charge in [0.2, 0.25) is 16.9 Å². The van der Waals surface area contributed by atoms with E-state index in [2.05, 4.69) is 20.8 Å². The standard InChI is InChI=1S/C20H19ClN4O2S/c1-13(26)22-17(15-9-5-6-10-16(15)21)12-18(27)23-20-25-24-19(28-20)11-14-7-3-2-4-8-14/h2-10,17H,11-12H2,1H3,(H,22,26)(H,23,25,27). The zero-order valence-corrected chi connectivity index (χ0v) is 16.8. The second kappa shape index (κ2) is 9.43. The van der Waals surface area contributed by atoms with Crippen molar-refractivity contribution in [3.8, 4) is 0 Å². The summed E-state index contributed by atoms with van der Waals surface area (Å²) in [5, 5.41) is 15.4. The molecule has 8 heteroatoms. The molecule has 0 fully saturated rings. The van der Waals surface area contributed by atoms with Crippen molar-refractivity contribution in [2.45, 2.75) is 25.8 Å². The van der Waals surface area contributed by atoms with Crippen molar-refractivity contribution >= 4 is 39.9 Å². The molecule has 0 spiro atoms. The minimum absolute atomic E-state index is 0.0386. The molecular formula is C20H19ClN4O2S. The van der Waals surface area contributed by atoms with Gasteiger partial charge in [0.15, 0.2) is 0 Å². The van der Waals surface area contributed by atoms with Crippen LogP contribution in [0, 0.1) is 0 Å². The van der Waals surface area contributed by atoms with E-state index in [1.165, 1.54) is 18.3 Å². The number of carbonyl (C=O) groups is 2. The Hall–Kier alpha value is -2.77. The molecule has 3 rings (SSSR count). The summed E-state index contributed by atoms with van der Waals surface area (Å²) in [5.41, 5.74) is 1.82. The number of nitrogens with zero attached hydrogens (tertiary/aromatic N) is 2. The van der Waals surface area contributed by atoms with E-state index in [0.29, 0.717) is 22.1 Å². The van der Waals surface area contributed by atoms with Gasteiger partial charge >= 0.3 is 0 Å². The van der Waals surface area contributed by atoms with Gasteiger partial charge in [0, 0.05) is 18.4 Å². The first-order chi connectivity index (χ1) is 13.5. The Kier molecular flexibility index (Phi) is 6.73. The van der Waals surface area contributed by atoms with Gasteiger partial charge in [0.05, 0.1) is 12.5 Å². The maximum atomic E-state index is 12.5. The molecule has 1 aromatic heterocycles. The van der Waals surface area contributed by atoms with E-state index >= 15 is 0 Å². The average Bonchev–Trinajstić information content (AvgIpc) is 3.08. The number of anilines is 1. The normalized spacial score (nSPS) is 11.6. The number of aromatic nitrogens is 2. The molecule has 0 bridgehead atoms. The highest BCUT2D eigenvalue weighted by Gasteiger charge is 2.20. The number of benzene rings is 2. The number of amides is 2. The Morgan fingerprint density at radius 2 is 1.79 bits per heavy atom. The van der Waals surface area contributed by atoms with Crippen LogP contribution in [0.15, 0.2) is 54.6 Å². The Labute approximate surface area is 172 Å². The van der Waals surface area contributed by atoms with E-state index in [9.17, 15) is 9.59 Å². The Morgan fingerprint density at radius 3 is 2.50 bits per heavy atom. The summed E-state index contributed by atoms with van der Waals surface area (Å²) in [6.45, 7) is 1.41. The SMILES string of the molecule is CC(=O)NC(CC(=O)Nc1nnc(Cc2ccccc2)s1)c1ccccc1Cl. The zero-order valence-electron chi connectivity index (χ0n) is 15.2. The van der Waals surface area contributed by atoms with Gasteiger partial charge in [-0.3, -0.25) is 9.59 Å². The predicted molar refractivity (Wildman–Crippen MR) is 110 cm³/mol. The molecule has 1 atom stereocenters. The first-order valence-electron chi connectivity index (χ1n) is 8.69. The zero-order chi connectivity index (χ0) is 19.9. The fourth-order valence-electron chi connectivity index (χ4n) is 2.74. The first-order valence-corrected chi connectivity index (χ1v) is 9.88. The molecule has 0 saturated heterocycles. The molecule has 0 aliphatic carbocycles. The number of nitrogens with one attached hydrogen (secondary N) is 2. The molecule has 0 radical (unpaired) electrons. The molecule has 2 aromatic carbocycles. The van der Waals surface area contributed by atoms with Crippen LogP contribution in [-0.4, -0.2) is 22.0 Å². The summed E-state index contributed by atoms with van der Waals surface area (Å²) in [6.07, 6.45) is 0.694. The third-order valence-electron chi connectivity index (χ3n) is 3.96. The quantitative estimate of drug-likeness (QED) is 0.612. The van der Waals surface area contributed by atoms with Crippen molar-refractivity contribution in [3.05, 3.63) is 75.8 Å². The van der Waals surface area contributed by atoms with Crippen LogP contribution in [0.5, 0.6) is 0 Å². The van der Waals surface area contributed by atoms with Crippen LogP contribution in [-0.2, 0) is 16.0 Å². The highest BCUT2D eigenvalue weighted by Crippen LogP contribution is 2.26. The molecule has 144 valence electrons. The highest BCUT2D eigenvalue weighted by molar-refractivity contribution is 7.15. The summed E-state index contributed by atoms with van der Waals surface area (Å²) in [4.78, 5) is 24.0. The first kappa shape index (κ1) is 20.0. The lowest BCUT2D eigenvalue weighted by Gasteiger charge is -2.18. The van der Waals surface area contributed by atoms with Gasteiger partial charge in [0.25, 0.3) is 0 Å². The van der Waals surface area contributed by atoms with Gasteiger partial charge in [-0.15, -0.1) is 10.2 Å². The largest absolute Gasteiger partial charge is 0.349 e. The molecule has 2 N–H and O–H groups in total. The average molecular weight is 415 g/mol. The van der Waals surface area contributed by atoms with Gasteiger partial charge in [-0.05, 0) is 17.2 Å². The molecule has 1 heterocycles. The maximum Gasteiger partial charge on any atom is 0.228 e. The third kappa shape index (κ3) is 5.61. The Morgan fingerprint density at radius 1 is 1.07 bits per heavy atom. The minimum atomic E-state index is -0.525. The van der Waals surface area contributed by atoms with Crippen LogP contribution in [0.2, 0.25) is 5.02 Å². The van der Waals surface area contributed by atoms with E-state index in [0.717, 1.165) is 10.6 Å². The number of rotatable bonds is 7. The second-order valence-corrected chi connectivity index (χ2v) is 7.66. The van der Waals surface area contributed by atoms with E-state index in [4.69, 9.17) is 11.6 Å². The van der Waals surface area contributed by atoms with Crippen LogP contribution >= 0.6 is 22.9 Å². The van der Waals surface area contributed by atoms with Gasteiger partial charge in [0.1, 0.15) is 5.01 Å². The van der Waals surface area contributed by atoms with E-state index in [-0.39, 0.29) is 18.2 Å². The molecule has 28 heavy (non-hydrogen) atoms. The van der Waals surface area contributed by atoms with Crippen molar-refractivity contribution < 1.29 is 9.59 Å². The van der Waals surface area contributed by atoms with E-state index in [1.54, 1.807) is 18.2 Å². The van der Waals surface area contributed by atoms with Crippen LogP contribution in [0.4, 0.5) is 5.13 Å². The monoisotopic (exact) mass is 414 g/mol. The lowest BCUT2D eigenvalue weighted by Crippen LogP contribution is -2.30. The number of hydrogen-bond donors (Lipinski definition) is 2. The fourth-order valence-corrected chi connectivity index (χ4v) is 3.80. The molecule has 2 amide bonds. The Bertz CT molecular complexity index is 962. The molecule has 1 unspecified atom stereocenters. The molecule has 3 aromatic rings. The third-order valence-corrected chi connectivity index (χ3v) is 5.14. The summed E-state index contributed by atoms with van der Waals surface area (Å²) < 4.78 is 0. The lowest BCUT2D eigenvalue weighted by molar-refractivity contribution is -0.120. The van der Waals surface area contributed by atoms with Gasteiger partial charge in [-0.25, -0.2) is 0 Å². The van der Waals surface area contributed by atoms with Crippen molar-refractivity contribution in [2.24, 2.45) is 0 Å². The van der Waals surface area contributed by atoms with Crippen LogP contribution < -0.4 is 10.6 Å². The topological polar surface area (TPSA) is 84.0 Å². The predicted octanol–water partition coefficient (Wildman–Crippen LogP) is 3.99. The van der Waals surface area contributed by atoms with Crippen molar-refractivity contribution in [1.29, 1.82) is 0 Å². The highest BCUT2D eigenvalue weighted by atomic mass is 35.5. The molecule has 0 aliphatic heterocycles. The number of halogens is 1. The van der Waals surface area contributed by atoms with Crippen LogP contribution in [0.25, 0.3) is 0 Å². The number of hydrogen-bond acceptors (Lipinski definition) is 5. The van der Waals surface area contributed by atoms with Crippen LogP contribution in [0.3, 0.4) is 0 Å². The molecule has 0 aliphatic rings. The summed E-state index contributed by atoms with van der Waals surface area (Å²) in [6, 6.07) is 16.5. The summed E-state index contributed by atoms with van der Waals surface area (Å²) in [5.74, 6) is -0.514. The molecule has 0 saturated carbocycles. The molecular weight excluding hydrogens is 396 g/mol. The number of carbonyl (C=O) groups excluding carboxylic acids is 2. The molecule has 6 nitrogen and oxygen atoms in total. The summed E-state index contributed by atoms with van der Waals surface area (Å²) >= 11 is 7.55. The smallest absolute Gasteiger partial charge is 0.228 e. The van der Waals surface area contributed by atoms with Crippen LogP contribution in [0.1, 0.15) is 35.5 Å². The maximum absolute atomic E-state index is 12.5. The van der Waals surface area contributed by atoms with E-state index < -0.39 is 6.04 Å². The minimum Gasteiger partial charge on any atom is -0.349 e. The van der Waals surface area contributed by atoms with Crippen molar-refractivity contribution in [3.63, 3.8) is 0 Å². The summed E-state index contributed by atoms with van der Waals surface area (Å²) in [7, 11) is 0. The lowest BCUT2D eigenvalue weighted by atomic mass is 10.0. The second-order valence-electron chi connectivity index (χ2n) is 6.19.